The molecule has 0 radical (unpaired) electrons. The molecular weight excluding hydrogens is 424 g/mol. The van der Waals surface area contributed by atoms with Crippen LogP contribution in [-0.2, 0) is 22.5 Å². The number of aryl methyl sites for hydroxylation is 1. The van der Waals surface area contributed by atoms with Crippen molar-refractivity contribution in [2.75, 3.05) is 12.4 Å². The number of hydrogen-bond acceptors (Lipinski definition) is 6. The monoisotopic (exact) mass is 450 g/mol. The lowest BCUT2D eigenvalue weighted by atomic mass is 10.1. The molecule has 1 atom stereocenters. The molecule has 1 aliphatic rings. The van der Waals surface area contributed by atoms with Gasteiger partial charge in [0.1, 0.15) is 11.1 Å². The fourth-order valence-corrected chi connectivity index (χ4v) is 4.81. The van der Waals surface area contributed by atoms with E-state index in [1.54, 1.807) is 13.0 Å². The maximum absolute atomic E-state index is 13.1. The minimum absolute atomic E-state index is 0.234. The number of carbonyl (C=O) groups is 2. The molecule has 1 unspecified atom stereocenters. The fourth-order valence-electron chi connectivity index (χ4n) is 3.79. The van der Waals surface area contributed by atoms with Crippen molar-refractivity contribution in [3.8, 4) is 11.4 Å². The van der Waals surface area contributed by atoms with E-state index in [0.717, 1.165) is 47.9 Å². The second kappa shape index (κ2) is 9.99. The zero-order valence-electron chi connectivity index (χ0n) is 18.2. The van der Waals surface area contributed by atoms with Crippen LogP contribution in [0.15, 0.2) is 53.4 Å². The molecule has 1 aromatic heterocycles. The molecule has 2 heterocycles. The number of nitrogens with one attached hydrogen (secondary N) is 1. The first-order valence-electron chi connectivity index (χ1n) is 10.7. The number of amides is 1. The normalized spacial score (nSPS) is 14.2. The summed E-state index contributed by atoms with van der Waals surface area (Å²) in [4.78, 5) is 25.6. The van der Waals surface area contributed by atoms with Gasteiger partial charge in [0.2, 0.25) is 0 Å². The quantitative estimate of drug-likeness (QED) is 0.437. The summed E-state index contributed by atoms with van der Waals surface area (Å²) >= 11 is 1.30. The van der Waals surface area contributed by atoms with Crippen molar-refractivity contribution >= 4 is 29.3 Å². The van der Waals surface area contributed by atoms with Crippen molar-refractivity contribution in [3.63, 3.8) is 0 Å². The van der Waals surface area contributed by atoms with Gasteiger partial charge in [-0.1, -0.05) is 30.7 Å². The fraction of sp³-hybridized carbons (Fsp3) is 0.333. The first-order valence-corrected chi connectivity index (χ1v) is 11.6. The lowest BCUT2D eigenvalue weighted by molar-refractivity contribution is -0.139. The molecule has 1 N–H and O–H groups in total. The smallest absolute Gasteiger partial charge is 0.318 e. The number of nitrogens with zero attached hydrogens (tertiary/aromatic N) is 3. The first-order chi connectivity index (χ1) is 15.6. The van der Waals surface area contributed by atoms with E-state index >= 15 is 0 Å². The van der Waals surface area contributed by atoms with Crippen molar-refractivity contribution in [1.29, 1.82) is 0 Å². The maximum Gasteiger partial charge on any atom is 0.318 e. The van der Waals surface area contributed by atoms with Crippen LogP contribution >= 0.6 is 11.8 Å². The van der Waals surface area contributed by atoms with Gasteiger partial charge in [0, 0.05) is 29.1 Å². The van der Waals surface area contributed by atoms with E-state index in [-0.39, 0.29) is 11.9 Å². The van der Waals surface area contributed by atoms with Crippen molar-refractivity contribution in [1.82, 2.24) is 14.8 Å². The summed E-state index contributed by atoms with van der Waals surface area (Å²) in [5, 5.41) is 11.4. The van der Waals surface area contributed by atoms with E-state index in [1.165, 1.54) is 25.3 Å². The van der Waals surface area contributed by atoms with Crippen molar-refractivity contribution in [2.24, 2.45) is 0 Å². The third-order valence-electron chi connectivity index (χ3n) is 5.46. The average Bonchev–Trinajstić information content (AvgIpc) is 3.07. The molecule has 0 aliphatic carbocycles. The van der Waals surface area contributed by atoms with Gasteiger partial charge in [0.15, 0.2) is 5.82 Å². The van der Waals surface area contributed by atoms with Gasteiger partial charge in [0.05, 0.1) is 12.7 Å². The number of fused-ring (bicyclic) bond motifs is 1. The van der Waals surface area contributed by atoms with Gasteiger partial charge in [-0.25, -0.2) is 0 Å². The molecule has 0 fully saturated rings. The molecule has 8 heteroatoms. The van der Waals surface area contributed by atoms with Crippen LogP contribution in [0.2, 0.25) is 0 Å². The summed E-state index contributed by atoms with van der Waals surface area (Å²) in [7, 11) is 1.36. The number of methoxy groups -OCH3 is 1. The summed E-state index contributed by atoms with van der Waals surface area (Å²) in [6.45, 7) is 2.67. The third-order valence-corrected chi connectivity index (χ3v) is 6.61. The zero-order chi connectivity index (χ0) is 22.5. The Balaban J connectivity index is 1.55. The molecule has 32 heavy (non-hydrogen) atoms. The Hall–Kier alpha value is -3.13. The molecule has 2 aromatic carbocycles. The summed E-state index contributed by atoms with van der Waals surface area (Å²) in [5.74, 6) is 1.30. The number of thioether (sulfide) groups is 1. The van der Waals surface area contributed by atoms with Crippen LogP contribution in [0.5, 0.6) is 0 Å². The van der Waals surface area contributed by atoms with E-state index < -0.39 is 5.25 Å². The topological polar surface area (TPSA) is 86.1 Å². The van der Waals surface area contributed by atoms with Crippen molar-refractivity contribution in [2.45, 2.75) is 49.3 Å². The number of esters is 1. The highest BCUT2D eigenvalue weighted by molar-refractivity contribution is 8.00. The number of aromatic nitrogens is 3. The molecule has 0 spiro atoms. The molecule has 3 aromatic rings. The highest BCUT2D eigenvalue weighted by atomic mass is 32.2. The molecule has 166 valence electrons. The number of rotatable bonds is 6. The van der Waals surface area contributed by atoms with E-state index in [0.29, 0.717) is 11.3 Å². The Kier molecular flexibility index (Phi) is 6.90. The molecule has 1 aliphatic heterocycles. The van der Waals surface area contributed by atoms with E-state index in [9.17, 15) is 9.59 Å². The SMILES string of the molecule is COC(=O)C(C)Sc1ccccc1C(=O)Nc1cccc(-c2nnc3n2CCCCC3)c1. The van der Waals surface area contributed by atoms with Gasteiger partial charge in [-0.05, 0) is 44.0 Å². The first kappa shape index (κ1) is 22.1. The Morgan fingerprint density at radius 3 is 2.78 bits per heavy atom. The number of carbonyl (C=O) groups excluding carboxylic acids is 2. The number of anilines is 1. The highest BCUT2D eigenvalue weighted by Gasteiger charge is 2.20. The average molecular weight is 451 g/mol. The van der Waals surface area contributed by atoms with Crippen molar-refractivity contribution in [3.05, 3.63) is 59.9 Å². The van der Waals surface area contributed by atoms with E-state index in [4.69, 9.17) is 4.74 Å². The summed E-state index contributed by atoms with van der Waals surface area (Å²) in [6, 6.07) is 14.9. The molecule has 7 nitrogen and oxygen atoms in total. The molecule has 0 bridgehead atoms. The minimum atomic E-state index is -0.416. The van der Waals surface area contributed by atoms with Crippen LogP contribution < -0.4 is 5.32 Å². The van der Waals surface area contributed by atoms with Gasteiger partial charge in [-0.2, -0.15) is 0 Å². The maximum atomic E-state index is 13.1. The summed E-state index contributed by atoms with van der Waals surface area (Å²) in [6.07, 6.45) is 4.40. The molecular formula is C24H26N4O3S. The van der Waals surface area contributed by atoms with Crippen LogP contribution in [0.3, 0.4) is 0 Å². The van der Waals surface area contributed by atoms with Crippen molar-refractivity contribution < 1.29 is 14.3 Å². The van der Waals surface area contributed by atoms with Gasteiger partial charge < -0.3 is 14.6 Å². The summed E-state index contributed by atoms with van der Waals surface area (Å²) in [5.41, 5.74) is 2.11. The van der Waals surface area contributed by atoms with Gasteiger partial charge in [0.25, 0.3) is 5.91 Å². The van der Waals surface area contributed by atoms with Crippen LogP contribution in [0.25, 0.3) is 11.4 Å². The zero-order valence-corrected chi connectivity index (χ0v) is 19.0. The van der Waals surface area contributed by atoms with Crippen LogP contribution in [0, 0.1) is 0 Å². The minimum Gasteiger partial charge on any atom is -0.468 e. The highest BCUT2D eigenvalue weighted by Crippen LogP contribution is 2.29. The Morgan fingerprint density at radius 2 is 1.94 bits per heavy atom. The van der Waals surface area contributed by atoms with Gasteiger partial charge in [-0.3, -0.25) is 9.59 Å². The standard InChI is InChI=1S/C24H26N4O3S/c1-16(24(30)31-2)32-20-12-6-5-11-19(20)23(29)25-18-10-8-9-17(15-18)22-27-26-21-13-4-3-7-14-28(21)22/h5-6,8-12,15-16H,3-4,7,13-14H2,1-2H3,(H,25,29). The summed E-state index contributed by atoms with van der Waals surface area (Å²) < 4.78 is 6.99. The van der Waals surface area contributed by atoms with Gasteiger partial charge in [-0.15, -0.1) is 22.0 Å². The van der Waals surface area contributed by atoms with Crippen LogP contribution in [0.1, 0.15) is 42.4 Å². The molecule has 4 rings (SSSR count). The number of benzene rings is 2. The Morgan fingerprint density at radius 1 is 1.09 bits per heavy atom. The van der Waals surface area contributed by atoms with Crippen LogP contribution in [-0.4, -0.2) is 39.0 Å². The molecule has 0 saturated heterocycles. The number of hydrogen-bond donors (Lipinski definition) is 1. The number of ether oxygens (including phenoxy) is 1. The lowest BCUT2D eigenvalue weighted by Gasteiger charge is -2.13. The second-order valence-corrected chi connectivity index (χ2v) is 9.10. The third kappa shape index (κ3) is 4.85. The predicted octanol–water partition coefficient (Wildman–Crippen LogP) is 4.58. The Labute approximate surface area is 191 Å². The van der Waals surface area contributed by atoms with E-state index in [2.05, 4.69) is 20.1 Å². The van der Waals surface area contributed by atoms with Gasteiger partial charge >= 0.3 is 5.97 Å². The Bertz CT molecular complexity index is 1130. The van der Waals surface area contributed by atoms with Crippen LogP contribution in [0.4, 0.5) is 5.69 Å². The molecule has 1 amide bonds. The molecule has 0 saturated carbocycles. The second-order valence-electron chi connectivity index (χ2n) is 7.72. The lowest BCUT2D eigenvalue weighted by Crippen LogP contribution is -2.17. The van der Waals surface area contributed by atoms with E-state index in [1.807, 2.05) is 42.5 Å². The predicted molar refractivity (Wildman–Crippen MR) is 125 cm³/mol. The largest absolute Gasteiger partial charge is 0.468 e.